The first-order valence-corrected chi connectivity index (χ1v) is 11.4. The van der Waals surface area contributed by atoms with E-state index >= 15 is 0 Å². The van der Waals surface area contributed by atoms with E-state index in [0.717, 1.165) is 27.9 Å². The molecule has 30 heavy (non-hydrogen) atoms. The van der Waals surface area contributed by atoms with E-state index in [1.165, 1.54) is 4.31 Å². The van der Waals surface area contributed by atoms with E-state index in [4.69, 9.17) is 0 Å². The smallest absolute Gasteiger partial charge is 0.243 e. The van der Waals surface area contributed by atoms with Gasteiger partial charge in [-0.15, -0.1) is 0 Å². The van der Waals surface area contributed by atoms with Crippen molar-refractivity contribution in [1.82, 2.24) is 4.31 Å². The van der Waals surface area contributed by atoms with Crippen molar-refractivity contribution in [2.24, 2.45) is 0 Å². The first-order valence-electron chi connectivity index (χ1n) is 9.94. The molecule has 1 aliphatic heterocycles. The summed E-state index contributed by atoms with van der Waals surface area (Å²) in [6.07, 6.45) is 3.58. The molecule has 1 heterocycles. The van der Waals surface area contributed by atoms with Crippen LogP contribution < -0.4 is 0 Å². The van der Waals surface area contributed by atoms with Gasteiger partial charge >= 0.3 is 0 Å². The van der Waals surface area contributed by atoms with E-state index in [9.17, 15) is 13.2 Å². The minimum Gasteiger partial charge on any atom is -0.289 e. The zero-order chi connectivity index (χ0) is 21.9. The van der Waals surface area contributed by atoms with Crippen LogP contribution in [0.25, 0.3) is 0 Å². The van der Waals surface area contributed by atoms with Crippen molar-refractivity contribution in [3.05, 3.63) is 100 Å². The highest BCUT2D eigenvalue weighted by Gasteiger charge is 2.33. The van der Waals surface area contributed by atoms with E-state index in [-0.39, 0.29) is 5.78 Å². The average molecular weight is 422 g/mol. The van der Waals surface area contributed by atoms with Gasteiger partial charge in [0.25, 0.3) is 0 Å². The van der Waals surface area contributed by atoms with E-state index < -0.39 is 10.0 Å². The molecule has 4 nitrogen and oxygen atoms in total. The predicted octanol–water partition coefficient (Wildman–Crippen LogP) is 5.09. The second-order valence-corrected chi connectivity index (χ2v) is 9.50. The number of benzene rings is 2. The largest absolute Gasteiger partial charge is 0.289 e. The topological polar surface area (TPSA) is 54.5 Å². The lowest BCUT2D eigenvalue weighted by molar-refractivity contribution is 0.104. The fourth-order valence-electron chi connectivity index (χ4n) is 3.50. The van der Waals surface area contributed by atoms with Gasteiger partial charge in [-0.3, -0.25) is 4.79 Å². The molecule has 0 saturated carbocycles. The van der Waals surface area contributed by atoms with Gasteiger partial charge in [-0.2, -0.15) is 4.31 Å². The minimum atomic E-state index is -3.58. The van der Waals surface area contributed by atoms with Gasteiger partial charge in [0, 0.05) is 18.7 Å². The van der Waals surface area contributed by atoms with Crippen molar-refractivity contribution in [1.29, 1.82) is 0 Å². The van der Waals surface area contributed by atoms with Crippen LogP contribution in [0.2, 0.25) is 0 Å². The summed E-state index contributed by atoms with van der Waals surface area (Å²) in [5.74, 6) is -0.0581. The standard InChI is InChI=1S/C25H27NO3S/c1-5-21-16-26(30(28,29)23-13-11-18(2)12-14-23)17-24(21)20(4)19(3)15-25(27)22-9-7-6-8-10-22/h5-15H,16-17H2,1-4H3/b19-15-,21-5+,24-20+. The molecule has 156 valence electrons. The Kier molecular flexibility index (Phi) is 6.54. The zero-order valence-electron chi connectivity index (χ0n) is 17.8. The maximum absolute atomic E-state index is 13.1. The van der Waals surface area contributed by atoms with Crippen molar-refractivity contribution < 1.29 is 13.2 Å². The van der Waals surface area contributed by atoms with Crippen molar-refractivity contribution in [2.45, 2.75) is 32.6 Å². The predicted molar refractivity (Wildman–Crippen MR) is 121 cm³/mol. The SMILES string of the molecule is C\C=C1/CN(S(=O)(=O)c2ccc(C)cc2)C/C1=C(C)\C(C)=C/C(=O)c1ccccc1. The van der Waals surface area contributed by atoms with E-state index in [1.807, 2.05) is 64.1 Å². The van der Waals surface area contributed by atoms with Gasteiger partial charge in [0.15, 0.2) is 5.78 Å². The Balaban J connectivity index is 1.91. The molecule has 0 amide bonds. The molecule has 0 bridgehead atoms. The highest BCUT2D eigenvalue weighted by molar-refractivity contribution is 7.89. The lowest BCUT2D eigenvalue weighted by Gasteiger charge is -2.15. The van der Waals surface area contributed by atoms with Gasteiger partial charge < -0.3 is 0 Å². The van der Waals surface area contributed by atoms with Crippen LogP contribution in [0.1, 0.15) is 36.7 Å². The first kappa shape index (κ1) is 21.9. The molecule has 1 saturated heterocycles. The second-order valence-electron chi connectivity index (χ2n) is 7.56. The summed E-state index contributed by atoms with van der Waals surface area (Å²) in [4.78, 5) is 12.8. The molecule has 0 aromatic heterocycles. The third kappa shape index (κ3) is 4.53. The maximum atomic E-state index is 13.1. The number of rotatable bonds is 5. The van der Waals surface area contributed by atoms with Crippen molar-refractivity contribution in [3.63, 3.8) is 0 Å². The molecule has 2 aromatic rings. The Labute approximate surface area is 179 Å². The Morgan fingerprint density at radius 1 is 0.967 bits per heavy atom. The summed E-state index contributed by atoms with van der Waals surface area (Å²) >= 11 is 0. The summed E-state index contributed by atoms with van der Waals surface area (Å²) in [5.41, 5.74) is 5.37. The molecular formula is C25H27NO3S. The van der Waals surface area contributed by atoms with Gasteiger partial charge in [0.2, 0.25) is 10.0 Å². The van der Waals surface area contributed by atoms with Gasteiger partial charge in [0.1, 0.15) is 0 Å². The normalized spacial score (nSPS) is 18.7. The Morgan fingerprint density at radius 3 is 2.20 bits per heavy atom. The molecule has 1 aliphatic rings. The van der Waals surface area contributed by atoms with E-state index in [0.29, 0.717) is 23.5 Å². The molecule has 0 atom stereocenters. The van der Waals surface area contributed by atoms with Gasteiger partial charge in [-0.25, -0.2) is 8.42 Å². The van der Waals surface area contributed by atoms with Crippen molar-refractivity contribution in [3.8, 4) is 0 Å². The molecule has 0 N–H and O–H groups in total. The van der Waals surface area contributed by atoms with Crippen LogP contribution in [-0.2, 0) is 10.0 Å². The van der Waals surface area contributed by atoms with Crippen molar-refractivity contribution >= 4 is 15.8 Å². The van der Waals surface area contributed by atoms with Gasteiger partial charge in [0.05, 0.1) is 4.90 Å². The first-order chi connectivity index (χ1) is 14.2. The quantitative estimate of drug-likeness (QED) is 0.499. The van der Waals surface area contributed by atoms with Crippen LogP contribution in [0, 0.1) is 6.92 Å². The summed E-state index contributed by atoms with van der Waals surface area (Å²) in [6, 6.07) is 16.0. The Hall–Kier alpha value is -2.76. The Morgan fingerprint density at radius 2 is 1.60 bits per heavy atom. The lowest BCUT2D eigenvalue weighted by atomic mass is 9.97. The van der Waals surface area contributed by atoms with E-state index in [2.05, 4.69) is 0 Å². The highest BCUT2D eigenvalue weighted by Crippen LogP contribution is 2.32. The van der Waals surface area contributed by atoms with Crippen LogP contribution in [0.3, 0.4) is 0 Å². The molecular weight excluding hydrogens is 394 g/mol. The molecule has 1 fully saturated rings. The number of nitrogens with zero attached hydrogens (tertiary/aromatic N) is 1. The minimum absolute atomic E-state index is 0.0581. The van der Waals surface area contributed by atoms with Crippen LogP contribution in [-0.4, -0.2) is 31.6 Å². The fourth-order valence-corrected chi connectivity index (χ4v) is 4.89. The highest BCUT2D eigenvalue weighted by atomic mass is 32.2. The summed E-state index contributed by atoms with van der Waals surface area (Å²) in [7, 11) is -3.58. The maximum Gasteiger partial charge on any atom is 0.243 e. The molecule has 0 unspecified atom stereocenters. The molecule has 0 spiro atoms. The van der Waals surface area contributed by atoms with Crippen LogP contribution >= 0.6 is 0 Å². The number of sulfonamides is 1. The number of carbonyl (C=O) groups excluding carboxylic acids is 1. The summed E-state index contributed by atoms with van der Waals surface area (Å²) in [5, 5.41) is 0. The van der Waals surface area contributed by atoms with Crippen LogP contribution in [0.4, 0.5) is 0 Å². The number of hydrogen-bond acceptors (Lipinski definition) is 3. The average Bonchev–Trinajstić information content (AvgIpc) is 3.19. The summed E-state index contributed by atoms with van der Waals surface area (Å²) < 4.78 is 27.7. The fraction of sp³-hybridized carbons (Fsp3) is 0.240. The number of hydrogen-bond donors (Lipinski definition) is 0. The number of carbonyl (C=O) groups is 1. The number of allylic oxidation sites excluding steroid dienone is 4. The molecule has 3 rings (SSSR count). The molecule has 2 aromatic carbocycles. The third-order valence-corrected chi connectivity index (χ3v) is 7.33. The molecule has 0 aliphatic carbocycles. The van der Waals surface area contributed by atoms with Crippen molar-refractivity contribution in [2.75, 3.05) is 13.1 Å². The summed E-state index contributed by atoms with van der Waals surface area (Å²) in [6.45, 7) is 8.32. The second kappa shape index (κ2) is 8.94. The monoisotopic (exact) mass is 421 g/mol. The lowest BCUT2D eigenvalue weighted by Crippen LogP contribution is -2.28. The third-order valence-electron chi connectivity index (χ3n) is 5.53. The van der Waals surface area contributed by atoms with Crippen LogP contribution in [0.5, 0.6) is 0 Å². The number of aryl methyl sites for hydroxylation is 1. The molecule has 5 heteroatoms. The molecule has 0 radical (unpaired) electrons. The van der Waals surface area contributed by atoms with E-state index in [1.54, 1.807) is 30.3 Å². The van der Waals surface area contributed by atoms with Gasteiger partial charge in [-0.05, 0) is 68.2 Å². The zero-order valence-corrected chi connectivity index (χ0v) is 18.7. The van der Waals surface area contributed by atoms with Gasteiger partial charge in [-0.1, -0.05) is 54.1 Å². The van der Waals surface area contributed by atoms with Crippen LogP contribution in [0.15, 0.2) is 93.9 Å². The Bertz CT molecular complexity index is 1140. The number of ketones is 1.